The maximum absolute atomic E-state index is 11.4. The molecule has 4 rings (SSSR count). The summed E-state index contributed by atoms with van der Waals surface area (Å²) in [4.78, 5) is 11.4. The fourth-order valence-electron chi connectivity index (χ4n) is 5.39. The Morgan fingerprint density at radius 3 is 2.55 bits per heavy atom. The standard InChI is InChI=1S/C17H28O3/c1-10-8-14(19-11(2)18)15-13(10)9-12-6-7-17(15,5)20-16(12,3)4/h10,12-15H,6-9H2,1-5H3/t10?,12-,13-,14?,15?,17+/m1/s1. The zero-order chi connectivity index (χ0) is 14.7. The summed E-state index contributed by atoms with van der Waals surface area (Å²) in [5.74, 6) is 2.13. The van der Waals surface area contributed by atoms with Gasteiger partial charge >= 0.3 is 5.97 Å². The van der Waals surface area contributed by atoms with Gasteiger partial charge in [-0.15, -0.1) is 0 Å². The lowest BCUT2D eigenvalue weighted by Crippen LogP contribution is -2.52. The molecule has 20 heavy (non-hydrogen) atoms. The van der Waals surface area contributed by atoms with E-state index >= 15 is 0 Å². The smallest absolute Gasteiger partial charge is 0.302 e. The van der Waals surface area contributed by atoms with E-state index in [9.17, 15) is 4.79 Å². The van der Waals surface area contributed by atoms with Crippen molar-refractivity contribution < 1.29 is 14.3 Å². The molecule has 114 valence electrons. The fraction of sp³-hybridized carbons (Fsp3) is 0.941. The molecule has 2 saturated carbocycles. The summed E-state index contributed by atoms with van der Waals surface area (Å²) in [7, 11) is 0. The number of rotatable bonds is 1. The molecular formula is C17H28O3. The quantitative estimate of drug-likeness (QED) is 0.689. The molecule has 0 N–H and O–H groups in total. The minimum atomic E-state index is -0.149. The van der Waals surface area contributed by atoms with Crippen molar-refractivity contribution in [2.24, 2.45) is 23.7 Å². The highest BCUT2D eigenvalue weighted by molar-refractivity contribution is 5.66. The average Bonchev–Trinajstić information content (AvgIpc) is 2.46. The Morgan fingerprint density at radius 2 is 1.95 bits per heavy atom. The molecule has 3 unspecified atom stereocenters. The summed E-state index contributed by atoms with van der Waals surface area (Å²) in [6.07, 6.45) is 4.63. The van der Waals surface area contributed by atoms with Gasteiger partial charge < -0.3 is 9.47 Å². The lowest BCUT2D eigenvalue weighted by molar-refractivity contribution is -0.213. The van der Waals surface area contributed by atoms with Crippen LogP contribution < -0.4 is 0 Å². The first-order valence-corrected chi connectivity index (χ1v) is 8.10. The van der Waals surface area contributed by atoms with E-state index in [1.54, 1.807) is 0 Å². The molecule has 0 aromatic rings. The molecular weight excluding hydrogens is 252 g/mol. The second-order valence-corrected chi connectivity index (χ2v) is 8.04. The first kappa shape index (κ1) is 14.4. The Kier molecular flexibility index (Phi) is 3.20. The number of carbonyl (C=O) groups is 1. The first-order chi connectivity index (χ1) is 9.23. The molecule has 2 saturated heterocycles. The summed E-state index contributed by atoms with van der Waals surface area (Å²) < 4.78 is 12.2. The third-order valence-electron chi connectivity index (χ3n) is 6.24. The Bertz CT molecular complexity index is 416. The number of fused-ring (bicyclic) bond motifs is 2. The van der Waals surface area contributed by atoms with Crippen molar-refractivity contribution >= 4 is 5.97 Å². The number of carbonyl (C=O) groups excluding carboxylic acids is 1. The Morgan fingerprint density at radius 1 is 1.25 bits per heavy atom. The highest BCUT2D eigenvalue weighted by atomic mass is 16.6. The van der Waals surface area contributed by atoms with Gasteiger partial charge in [0.05, 0.1) is 11.2 Å². The van der Waals surface area contributed by atoms with Crippen LogP contribution in [0.4, 0.5) is 0 Å². The molecule has 4 fully saturated rings. The third-order valence-corrected chi connectivity index (χ3v) is 6.24. The van der Waals surface area contributed by atoms with Crippen molar-refractivity contribution in [1.82, 2.24) is 0 Å². The van der Waals surface area contributed by atoms with Crippen LogP contribution in [-0.2, 0) is 14.3 Å². The second kappa shape index (κ2) is 4.46. The maximum Gasteiger partial charge on any atom is 0.302 e. The Balaban J connectivity index is 1.96. The molecule has 3 heteroatoms. The van der Waals surface area contributed by atoms with Crippen molar-refractivity contribution in [2.45, 2.75) is 77.6 Å². The van der Waals surface area contributed by atoms with E-state index in [1.165, 1.54) is 19.8 Å². The van der Waals surface area contributed by atoms with Crippen LogP contribution in [0.1, 0.15) is 60.3 Å². The lowest BCUT2D eigenvalue weighted by atomic mass is 9.77. The van der Waals surface area contributed by atoms with Gasteiger partial charge in [-0.2, -0.15) is 0 Å². The van der Waals surface area contributed by atoms with Crippen LogP contribution in [0.5, 0.6) is 0 Å². The summed E-state index contributed by atoms with van der Waals surface area (Å²) in [6.45, 7) is 10.6. The van der Waals surface area contributed by atoms with Gasteiger partial charge in [0.2, 0.25) is 0 Å². The zero-order valence-electron chi connectivity index (χ0n) is 13.4. The second-order valence-electron chi connectivity index (χ2n) is 8.04. The van der Waals surface area contributed by atoms with Crippen LogP contribution >= 0.6 is 0 Å². The fourth-order valence-corrected chi connectivity index (χ4v) is 5.39. The van der Waals surface area contributed by atoms with E-state index in [2.05, 4.69) is 27.7 Å². The molecule has 0 spiro atoms. The highest BCUT2D eigenvalue weighted by Crippen LogP contribution is 2.58. The predicted octanol–water partition coefficient (Wildman–Crippen LogP) is 3.56. The molecule has 6 atom stereocenters. The largest absolute Gasteiger partial charge is 0.462 e. The van der Waals surface area contributed by atoms with Crippen LogP contribution in [0.2, 0.25) is 0 Å². The van der Waals surface area contributed by atoms with Crippen molar-refractivity contribution in [3.05, 3.63) is 0 Å². The molecule has 0 aromatic heterocycles. The van der Waals surface area contributed by atoms with Crippen LogP contribution in [-0.4, -0.2) is 23.3 Å². The lowest BCUT2D eigenvalue weighted by Gasteiger charge is -2.48. The average molecular weight is 280 g/mol. The van der Waals surface area contributed by atoms with E-state index in [4.69, 9.17) is 9.47 Å². The predicted molar refractivity (Wildman–Crippen MR) is 77.2 cm³/mol. The summed E-state index contributed by atoms with van der Waals surface area (Å²) in [5, 5.41) is 0. The minimum absolute atomic E-state index is 0.0438. The SMILES string of the molecule is CC(=O)OC1CC(C)[C@H]2C[C@H]3CC[C@](C)(OC3(C)C)C12. The number of hydrogen-bond acceptors (Lipinski definition) is 3. The van der Waals surface area contributed by atoms with Gasteiger partial charge in [-0.1, -0.05) is 6.92 Å². The van der Waals surface area contributed by atoms with Crippen molar-refractivity contribution in [2.75, 3.05) is 0 Å². The monoisotopic (exact) mass is 280 g/mol. The topological polar surface area (TPSA) is 35.5 Å². The summed E-state index contributed by atoms with van der Waals surface area (Å²) in [6, 6.07) is 0. The van der Waals surface area contributed by atoms with E-state index in [0.717, 1.165) is 12.8 Å². The molecule has 2 bridgehead atoms. The maximum atomic E-state index is 11.4. The molecule has 4 aliphatic rings. The van der Waals surface area contributed by atoms with Gasteiger partial charge in [-0.25, -0.2) is 0 Å². The van der Waals surface area contributed by atoms with Crippen molar-refractivity contribution in [1.29, 1.82) is 0 Å². The van der Waals surface area contributed by atoms with E-state index in [1.807, 2.05) is 0 Å². The number of ether oxygens (including phenoxy) is 2. The molecule has 2 aliphatic heterocycles. The van der Waals surface area contributed by atoms with Crippen LogP contribution in [0, 0.1) is 23.7 Å². The number of hydrogen-bond donors (Lipinski definition) is 0. The van der Waals surface area contributed by atoms with Crippen LogP contribution in [0.15, 0.2) is 0 Å². The minimum Gasteiger partial charge on any atom is -0.462 e. The molecule has 2 aliphatic carbocycles. The van der Waals surface area contributed by atoms with Gasteiger partial charge in [0.15, 0.2) is 0 Å². The molecule has 0 amide bonds. The highest BCUT2D eigenvalue weighted by Gasteiger charge is 2.60. The third kappa shape index (κ3) is 2.09. The summed E-state index contributed by atoms with van der Waals surface area (Å²) >= 11 is 0. The van der Waals surface area contributed by atoms with Crippen molar-refractivity contribution in [3.63, 3.8) is 0 Å². The zero-order valence-corrected chi connectivity index (χ0v) is 13.4. The normalized spacial score (nSPS) is 49.5. The van der Waals surface area contributed by atoms with Gasteiger partial charge in [0.25, 0.3) is 0 Å². The molecule has 0 aromatic carbocycles. The van der Waals surface area contributed by atoms with E-state index in [-0.39, 0.29) is 23.3 Å². The van der Waals surface area contributed by atoms with Gasteiger partial charge in [0, 0.05) is 12.8 Å². The van der Waals surface area contributed by atoms with Crippen LogP contribution in [0.25, 0.3) is 0 Å². The summed E-state index contributed by atoms with van der Waals surface area (Å²) in [5.41, 5.74) is -0.177. The number of esters is 1. The van der Waals surface area contributed by atoms with Crippen molar-refractivity contribution in [3.8, 4) is 0 Å². The molecule has 2 heterocycles. The van der Waals surface area contributed by atoms with Gasteiger partial charge in [-0.3, -0.25) is 4.79 Å². The van der Waals surface area contributed by atoms with E-state index in [0.29, 0.717) is 23.7 Å². The van der Waals surface area contributed by atoms with Gasteiger partial charge in [-0.05, 0) is 64.2 Å². The molecule has 3 nitrogen and oxygen atoms in total. The Hall–Kier alpha value is -0.570. The molecule has 0 radical (unpaired) electrons. The van der Waals surface area contributed by atoms with E-state index < -0.39 is 0 Å². The Labute approximate surface area is 122 Å². The van der Waals surface area contributed by atoms with Crippen LogP contribution in [0.3, 0.4) is 0 Å². The van der Waals surface area contributed by atoms with Gasteiger partial charge in [0.1, 0.15) is 6.10 Å². The first-order valence-electron chi connectivity index (χ1n) is 8.10.